The third-order valence-electron chi connectivity index (χ3n) is 5.57. The maximum atomic E-state index is 13.3. The summed E-state index contributed by atoms with van der Waals surface area (Å²) in [7, 11) is 1.57. The second-order valence-corrected chi connectivity index (χ2v) is 9.06. The Bertz CT molecular complexity index is 790. The van der Waals surface area contributed by atoms with Crippen molar-refractivity contribution in [1.82, 2.24) is 9.80 Å². The lowest BCUT2D eigenvalue weighted by molar-refractivity contribution is -0.138. The molecule has 2 aliphatic heterocycles. The summed E-state index contributed by atoms with van der Waals surface area (Å²) in [5.74, 6) is 1.70. The highest BCUT2D eigenvalue weighted by atomic mass is 16.5. The van der Waals surface area contributed by atoms with Gasteiger partial charge in [-0.1, -0.05) is 39.8 Å². The number of hydrogen-bond acceptors (Lipinski definition) is 5. The average Bonchev–Trinajstić information content (AvgIpc) is 2.94. The quantitative estimate of drug-likeness (QED) is 0.610. The van der Waals surface area contributed by atoms with Crippen molar-refractivity contribution in [2.75, 3.05) is 40.0 Å². The highest BCUT2D eigenvalue weighted by Gasteiger charge is 2.42. The minimum atomic E-state index is -0.242. The Morgan fingerprint density at radius 2 is 1.67 bits per heavy atom. The molecule has 0 aromatic heterocycles. The number of piperidine rings is 1. The minimum Gasteiger partial charge on any atom is -0.493 e. The molecule has 0 spiro atoms. The molecule has 6 heteroatoms. The molecular formula is C24H34N2O4. The summed E-state index contributed by atoms with van der Waals surface area (Å²) in [6.07, 6.45) is 1.14. The summed E-state index contributed by atoms with van der Waals surface area (Å²) in [4.78, 5) is 30.0. The van der Waals surface area contributed by atoms with E-state index in [4.69, 9.17) is 9.47 Å². The van der Waals surface area contributed by atoms with E-state index in [-0.39, 0.29) is 18.4 Å². The molecule has 2 atom stereocenters. The van der Waals surface area contributed by atoms with Gasteiger partial charge in [0.2, 0.25) is 0 Å². The van der Waals surface area contributed by atoms with Gasteiger partial charge < -0.3 is 14.4 Å². The number of carbonyl (C=O) groups excluding carboxylic acids is 2. The van der Waals surface area contributed by atoms with Crippen LogP contribution < -0.4 is 4.74 Å². The predicted molar refractivity (Wildman–Crippen MR) is 117 cm³/mol. The van der Waals surface area contributed by atoms with Gasteiger partial charge in [-0.15, -0.1) is 0 Å². The number of carbonyl (C=O) groups is 2. The van der Waals surface area contributed by atoms with Crippen LogP contribution in [-0.2, 0) is 14.3 Å². The molecule has 2 heterocycles. The summed E-state index contributed by atoms with van der Waals surface area (Å²) in [5, 5.41) is 0. The number of ether oxygens (including phenoxy) is 2. The molecule has 0 bridgehead atoms. The first-order chi connectivity index (χ1) is 14.3. The molecule has 1 aromatic rings. The zero-order chi connectivity index (χ0) is 21.8. The van der Waals surface area contributed by atoms with Crippen molar-refractivity contribution in [3.63, 3.8) is 0 Å². The van der Waals surface area contributed by atoms with E-state index in [2.05, 4.69) is 32.6 Å². The van der Waals surface area contributed by atoms with E-state index < -0.39 is 0 Å². The van der Waals surface area contributed by atoms with E-state index in [1.165, 1.54) is 4.90 Å². The van der Waals surface area contributed by atoms with Gasteiger partial charge in [-0.3, -0.25) is 14.5 Å². The Kier molecular flexibility index (Phi) is 7.19. The Morgan fingerprint density at radius 3 is 2.23 bits per heavy atom. The van der Waals surface area contributed by atoms with E-state index in [9.17, 15) is 9.59 Å². The van der Waals surface area contributed by atoms with Crippen molar-refractivity contribution in [3.8, 4) is 5.75 Å². The largest absolute Gasteiger partial charge is 0.493 e. The predicted octanol–water partition coefficient (Wildman–Crippen LogP) is 3.43. The molecule has 0 aliphatic carbocycles. The molecule has 2 amide bonds. The highest BCUT2D eigenvalue weighted by molar-refractivity contribution is 6.35. The fourth-order valence-electron chi connectivity index (χ4n) is 4.33. The maximum absolute atomic E-state index is 13.3. The normalized spacial score (nSPS) is 22.5. The number of likely N-dealkylation sites (tertiary alicyclic amines) is 1. The number of methoxy groups -OCH3 is 1. The molecule has 1 aromatic carbocycles. The molecule has 6 nitrogen and oxygen atoms in total. The lowest BCUT2D eigenvalue weighted by atomic mass is 9.91. The van der Waals surface area contributed by atoms with Crippen LogP contribution in [0.25, 0.3) is 5.57 Å². The van der Waals surface area contributed by atoms with Crippen LogP contribution in [0.3, 0.4) is 0 Å². The summed E-state index contributed by atoms with van der Waals surface area (Å²) in [6.45, 7) is 11.4. The number of rotatable bonds is 8. The molecule has 2 aliphatic rings. The van der Waals surface area contributed by atoms with Gasteiger partial charge in [0.15, 0.2) is 0 Å². The fraction of sp³-hybridized carbons (Fsp3) is 0.583. The molecule has 0 radical (unpaired) electrons. The molecule has 164 valence electrons. The van der Waals surface area contributed by atoms with Crippen LogP contribution in [0, 0.1) is 17.8 Å². The van der Waals surface area contributed by atoms with Gasteiger partial charge in [-0.2, -0.15) is 0 Å². The van der Waals surface area contributed by atoms with Gasteiger partial charge in [0.1, 0.15) is 11.4 Å². The lowest BCUT2D eigenvalue weighted by Crippen LogP contribution is -2.42. The highest BCUT2D eigenvalue weighted by Crippen LogP contribution is 2.35. The molecule has 2 unspecified atom stereocenters. The average molecular weight is 415 g/mol. The molecule has 1 fully saturated rings. The van der Waals surface area contributed by atoms with E-state index in [1.54, 1.807) is 7.11 Å². The first-order valence-electron chi connectivity index (χ1n) is 10.9. The summed E-state index contributed by atoms with van der Waals surface area (Å²) in [6, 6.07) is 7.51. The van der Waals surface area contributed by atoms with Crippen LogP contribution in [0.4, 0.5) is 0 Å². The zero-order valence-electron chi connectivity index (χ0n) is 18.8. The zero-order valence-corrected chi connectivity index (χ0v) is 18.8. The van der Waals surface area contributed by atoms with Crippen LogP contribution in [0.1, 0.15) is 39.7 Å². The van der Waals surface area contributed by atoms with Gasteiger partial charge in [0.05, 0.1) is 25.3 Å². The Balaban J connectivity index is 1.95. The number of benzene rings is 1. The van der Waals surface area contributed by atoms with E-state index in [0.29, 0.717) is 42.2 Å². The lowest BCUT2D eigenvalue weighted by Gasteiger charge is -2.37. The standard InChI is InChI=1S/C24H34N2O4/c1-16(2)15-30-20-8-6-19(7-9-20)21-22(25-13-17(3)12-18(4)14-25)24(28)26(23(21)27)10-11-29-5/h6-9,16-18H,10-15H2,1-5H3. The topological polar surface area (TPSA) is 59.1 Å². The minimum absolute atomic E-state index is 0.214. The smallest absolute Gasteiger partial charge is 0.277 e. The summed E-state index contributed by atoms with van der Waals surface area (Å²) >= 11 is 0. The summed E-state index contributed by atoms with van der Waals surface area (Å²) in [5.41, 5.74) is 1.78. The van der Waals surface area contributed by atoms with Gasteiger partial charge in [-0.25, -0.2) is 0 Å². The van der Waals surface area contributed by atoms with Gasteiger partial charge in [0.25, 0.3) is 11.8 Å². The molecular weight excluding hydrogens is 380 g/mol. The van der Waals surface area contributed by atoms with E-state index in [0.717, 1.165) is 30.8 Å². The van der Waals surface area contributed by atoms with Gasteiger partial charge in [0, 0.05) is 20.2 Å². The van der Waals surface area contributed by atoms with Gasteiger partial charge in [-0.05, 0) is 41.9 Å². The number of nitrogens with zero attached hydrogens (tertiary/aromatic N) is 2. The van der Waals surface area contributed by atoms with Crippen molar-refractivity contribution >= 4 is 17.4 Å². The molecule has 1 saturated heterocycles. The van der Waals surface area contributed by atoms with Crippen LogP contribution in [-0.4, -0.2) is 61.6 Å². The first kappa shape index (κ1) is 22.3. The van der Waals surface area contributed by atoms with Crippen LogP contribution in [0.2, 0.25) is 0 Å². The fourth-order valence-corrected chi connectivity index (χ4v) is 4.33. The number of imide groups is 1. The Labute approximate surface area is 179 Å². The van der Waals surface area contributed by atoms with Crippen molar-refractivity contribution in [2.24, 2.45) is 17.8 Å². The molecule has 30 heavy (non-hydrogen) atoms. The van der Waals surface area contributed by atoms with E-state index in [1.807, 2.05) is 24.3 Å². The Hall–Kier alpha value is -2.34. The van der Waals surface area contributed by atoms with Crippen LogP contribution in [0.15, 0.2) is 30.0 Å². The van der Waals surface area contributed by atoms with Gasteiger partial charge >= 0.3 is 0 Å². The Morgan fingerprint density at radius 1 is 1.03 bits per heavy atom. The maximum Gasteiger partial charge on any atom is 0.277 e. The third-order valence-corrected chi connectivity index (χ3v) is 5.57. The first-order valence-corrected chi connectivity index (χ1v) is 10.9. The van der Waals surface area contributed by atoms with Crippen molar-refractivity contribution in [1.29, 1.82) is 0 Å². The molecule has 0 saturated carbocycles. The van der Waals surface area contributed by atoms with Crippen molar-refractivity contribution in [3.05, 3.63) is 35.5 Å². The second-order valence-electron chi connectivity index (χ2n) is 9.06. The monoisotopic (exact) mass is 414 g/mol. The molecule has 3 rings (SSSR count). The molecule has 0 N–H and O–H groups in total. The van der Waals surface area contributed by atoms with Crippen molar-refractivity contribution in [2.45, 2.75) is 34.1 Å². The van der Waals surface area contributed by atoms with Crippen molar-refractivity contribution < 1.29 is 19.1 Å². The number of hydrogen-bond donors (Lipinski definition) is 0. The van der Waals surface area contributed by atoms with E-state index >= 15 is 0 Å². The third kappa shape index (κ3) is 4.86. The number of amides is 2. The van der Waals surface area contributed by atoms with Crippen LogP contribution >= 0.6 is 0 Å². The summed E-state index contributed by atoms with van der Waals surface area (Å²) < 4.78 is 10.9. The second kappa shape index (κ2) is 9.65. The SMILES string of the molecule is COCCN1C(=O)C(c2ccc(OCC(C)C)cc2)=C(N2CC(C)CC(C)C2)C1=O. The van der Waals surface area contributed by atoms with Crippen LogP contribution in [0.5, 0.6) is 5.75 Å².